The summed E-state index contributed by atoms with van der Waals surface area (Å²) in [5.74, 6) is 4.77. The molecule has 3 heterocycles. The lowest BCUT2D eigenvalue weighted by Gasteiger charge is -2.57. The van der Waals surface area contributed by atoms with Gasteiger partial charge in [-0.1, -0.05) is 24.0 Å². The van der Waals surface area contributed by atoms with Gasteiger partial charge in [-0.2, -0.15) is 0 Å². The Hall–Kier alpha value is -4.22. The summed E-state index contributed by atoms with van der Waals surface area (Å²) in [4.78, 5) is 23.1. The highest BCUT2D eigenvalue weighted by Crippen LogP contribution is 2.51. The molecule has 6 nitrogen and oxygen atoms in total. The number of likely N-dealkylation sites (tertiary alicyclic amines) is 1. The Labute approximate surface area is 225 Å². The predicted octanol–water partition coefficient (Wildman–Crippen LogP) is 5.07. The predicted molar refractivity (Wildman–Crippen MR) is 144 cm³/mol. The van der Waals surface area contributed by atoms with E-state index < -0.39 is 23.6 Å². The fraction of sp³-hybridized carbons (Fsp3) is 0.290. The van der Waals surface area contributed by atoms with E-state index >= 15 is 4.39 Å². The number of amides is 1. The second-order valence-corrected chi connectivity index (χ2v) is 10.9. The van der Waals surface area contributed by atoms with Gasteiger partial charge in [-0.05, 0) is 74.7 Å². The van der Waals surface area contributed by atoms with E-state index in [1.807, 2.05) is 6.07 Å². The summed E-state index contributed by atoms with van der Waals surface area (Å²) in [5, 5.41) is 13.6. The zero-order chi connectivity index (χ0) is 27.3. The molecule has 1 aliphatic carbocycles. The lowest BCUT2D eigenvalue weighted by molar-refractivity contribution is -0.0651. The number of nitrogens with zero attached hydrogens (tertiary/aromatic N) is 2. The number of aromatic hydroxyl groups is 1. The zero-order valence-electron chi connectivity index (χ0n) is 21.7. The lowest BCUT2D eigenvalue weighted by Crippen LogP contribution is -2.60. The number of rotatable bonds is 4. The first kappa shape index (κ1) is 25.1. The highest BCUT2D eigenvalue weighted by molar-refractivity contribution is 5.93. The Kier molecular flexibility index (Phi) is 6.12. The molecule has 0 radical (unpaired) electrons. The van der Waals surface area contributed by atoms with Crippen molar-refractivity contribution in [3.05, 3.63) is 94.4 Å². The second kappa shape index (κ2) is 9.51. The third-order valence-electron chi connectivity index (χ3n) is 7.71. The molecule has 0 unspecified atom stereocenters. The number of pyridine rings is 1. The number of aromatic amines is 1. The number of nitrogens with one attached hydrogen (secondary N) is 2. The van der Waals surface area contributed by atoms with Gasteiger partial charge in [-0.15, -0.1) is 0 Å². The van der Waals surface area contributed by atoms with Crippen LogP contribution in [0.15, 0.2) is 54.6 Å². The molecule has 1 amide bonds. The van der Waals surface area contributed by atoms with Gasteiger partial charge in [-0.3, -0.25) is 4.79 Å². The van der Waals surface area contributed by atoms with E-state index in [1.165, 1.54) is 6.07 Å². The number of phenols is 1. The van der Waals surface area contributed by atoms with Crippen molar-refractivity contribution in [2.75, 3.05) is 20.1 Å². The maximum Gasteiger partial charge on any atom is 0.270 e. The average Bonchev–Trinajstić information content (AvgIpc) is 3.20. The smallest absolute Gasteiger partial charge is 0.270 e. The van der Waals surface area contributed by atoms with Gasteiger partial charge in [0.2, 0.25) is 0 Å². The number of hydrogen-bond acceptors (Lipinski definition) is 4. The first-order chi connectivity index (χ1) is 18.7. The Morgan fingerprint density at radius 3 is 2.69 bits per heavy atom. The van der Waals surface area contributed by atoms with Crippen LogP contribution in [0.4, 0.5) is 8.78 Å². The Balaban J connectivity index is 1.30. The van der Waals surface area contributed by atoms with Gasteiger partial charge in [0.15, 0.2) is 5.82 Å². The van der Waals surface area contributed by atoms with Crippen LogP contribution in [-0.2, 0) is 0 Å². The van der Waals surface area contributed by atoms with Crippen LogP contribution in [0, 0.1) is 41.7 Å². The third-order valence-corrected chi connectivity index (χ3v) is 7.71. The molecule has 4 aromatic rings. The molecule has 6 rings (SSSR count). The summed E-state index contributed by atoms with van der Waals surface area (Å²) in [6.45, 7) is 4.03. The fourth-order valence-corrected chi connectivity index (χ4v) is 6.08. The Morgan fingerprint density at radius 2 is 1.95 bits per heavy atom. The van der Waals surface area contributed by atoms with E-state index in [1.54, 1.807) is 37.3 Å². The van der Waals surface area contributed by atoms with Gasteiger partial charge >= 0.3 is 0 Å². The maximum atomic E-state index is 15.5. The number of carbonyl (C=O) groups excluding carboxylic acids is 1. The largest absolute Gasteiger partial charge is 0.508 e. The summed E-state index contributed by atoms with van der Waals surface area (Å²) in [5.41, 5.74) is 2.34. The normalized spacial score (nSPS) is 17.2. The van der Waals surface area contributed by atoms with E-state index in [4.69, 9.17) is 0 Å². The highest BCUT2D eigenvalue weighted by Gasteiger charge is 2.50. The van der Waals surface area contributed by atoms with Crippen molar-refractivity contribution in [1.82, 2.24) is 20.2 Å². The summed E-state index contributed by atoms with van der Waals surface area (Å²) in [6.07, 6.45) is 2.19. The van der Waals surface area contributed by atoms with Crippen molar-refractivity contribution in [3.8, 4) is 17.6 Å². The average molecular weight is 527 g/mol. The number of benzene rings is 2. The number of aryl methyl sites for hydroxylation is 1. The van der Waals surface area contributed by atoms with E-state index in [9.17, 15) is 14.3 Å². The van der Waals surface area contributed by atoms with E-state index in [2.05, 4.69) is 39.1 Å². The van der Waals surface area contributed by atoms with Crippen LogP contribution in [0.5, 0.6) is 5.75 Å². The van der Waals surface area contributed by atoms with E-state index in [-0.39, 0.29) is 22.7 Å². The first-order valence-corrected chi connectivity index (χ1v) is 12.9. The number of para-hydroxylation sites is 1. The van der Waals surface area contributed by atoms with Gasteiger partial charge in [-0.25, -0.2) is 13.8 Å². The van der Waals surface area contributed by atoms with Crippen LogP contribution in [0.25, 0.3) is 10.9 Å². The third kappa shape index (κ3) is 4.75. The van der Waals surface area contributed by atoms with Crippen LogP contribution in [0.2, 0.25) is 0 Å². The van der Waals surface area contributed by atoms with Gasteiger partial charge < -0.3 is 20.3 Å². The summed E-state index contributed by atoms with van der Waals surface area (Å²) < 4.78 is 29.7. The van der Waals surface area contributed by atoms with Gasteiger partial charge in [0.05, 0.1) is 5.69 Å². The molecule has 8 heteroatoms. The highest BCUT2D eigenvalue weighted by atomic mass is 19.1. The van der Waals surface area contributed by atoms with Crippen molar-refractivity contribution < 1.29 is 18.7 Å². The molecule has 2 aromatic carbocycles. The number of H-pyrrole nitrogens is 1. The molecule has 198 valence electrons. The van der Waals surface area contributed by atoms with Crippen LogP contribution in [0.1, 0.15) is 51.9 Å². The van der Waals surface area contributed by atoms with Crippen LogP contribution in [0.3, 0.4) is 0 Å². The minimum atomic E-state index is -1.20. The number of phenolic OH excluding ortho intramolecular Hbond substituents is 1. The lowest BCUT2D eigenvalue weighted by atomic mass is 9.58. The maximum absolute atomic E-state index is 15.5. The SMILES string of the molecule is Cc1cc(C#CC2CC3(C2)CN(C)C3)cc(C(=O)N[C@H](c2cc(F)ccc2O)c2[nH]c3ccccc3c2F)n1. The van der Waals surface area contributed by atoms with Crippen molar-refractivity contribution in [3.63, 3.8) is 0 Å². The molecule has 0 bridgehead atoms. The molecule has 2 aromatic heterocycles. The summed E-state index contributed by atoms with van der Waals surface area (Å²) >= 11 is 0. The van der Waals surface area contributed by atoms with Crippen molar-refractivity contribution in [2.24, 2.45) is 11.3 Å². The van der Waals surface area contributed by atoms with Gasteiger partial charge in [0, 0.05) is 46.7 Å². The van der Waals surface area contributed by atoms with Crippen LogP contribution >= 0.6 is 0 Å². The first-order valence-electron chi connectivity index (χ1n) is 12.9. The zero-order valence-corrected chi connectivity index (χ0v) is 21.7. The molecular weight excluding hydrogens is 498 g/mol. The monoisotopic (exact) mass is 526 g/mol. The van der Waals surface area contributed by atoms with Crippen LogP contribution in [-0.4, -0.2) is 46.0 Å². The molecule has 39 heavy (non-hydrogen) atoms. The quantitative estimate of drug-likeness (QED) is 0.325. The molecule has 1 aliphatic heterocycles. The standard InChI is InChI=1S/C31H28F2N4O2/c1-18-11-19(7-8-20-14-31(15-20)16-37(2)17-31)12-25(34-18)30(39)36-28(23-13-21(32)9-10-26(23)38)29-27(33)22-5-3-4-6-24(22)35-29/h3-6,9-13,20,28,35,38H,14-17H2,1-2H3,(H,36,39)/t28-/m1/s1. The molecule has 1 saturated heterocycles. The van der Waals surface area contributed by atoms with Crippen LogP contribution < -0.4 is 5.32 Å². The van der Waals surface area contributed by atoms with Gasteiger partial charge in [0.25, 0.3) is 5.91 Å². The number of fused-ring (bicyclic) bond motifs is 1. The molecule has 2 fully saturated rings. The van der Waals surface area contributed by atoms with Crippen molar-refractivity contribution in [1.29, 1.82) is 0 Å². The number of halogens is 2. The fourth-order valence-electron chi connectivity index (χ4n) is 6.08. The number of carbonyl (C=O) groups is 1. The molecule has 1 saturated carbocycles. The summed E-state index contributed by atoms with van der Waals surface area (Å²) in [7, 11) is 2.13. The summed E-state index contributed by atoms with van der Waals surface area (Å²) in [6, 6.07) is 12.3. The second-order valence-electron chi connectivity index (χ2n) is 10.9. The topological polar surface area (TPSA) is 81.3 Å². The minimum Gasteiger partial charge on any atom is -0.508 e. The minimum absolute atomic E-state index is 0.00123. The number of aromatic nitrogens is 2. The molecule has 2 aliphatic rings. The Bertz CT molecular complexity index is 1650. The molecular formula is C31H28F2N4O2. The molecule has 1 spiro atoms. The van der Waals surface area contributed by atoms with Gasteiger partial charge in [0.1, 0.15) is 23.3 Å². The molecule has 3 N–H and O–H groups in total. The molecule has 1 atom stereocenters. The number of hydrogen-bond donors (Lipinski definition) is 3. The Morgan fingerprint density at radius 1 is 1.18 bits per heavy atom. The van der Waals surface area contributed by atoms with E-state index in [0.717, 1.165) is 38.1 Å². The van der Waals surface area contributed by atoms with Crippen molar-refractivity contribution >= 4 is 16.8 Å². The van der Waals surface area contributed by atoms with E-state index in [0.29, 0.717) is 33.5 Å². The van der Waals surface area contributed by atoms with Crippen molar-refractivity contribution in [2.45, 2.75) is 25.8 Å².